The van der Waals surface area contributed by atoms with Gasteiger partial charge >= 0.3 is 5.97 Å². The molecule has 2 aromatic carbocycles. The Balaban J connectivity index is 1.30. The van der Waals surface area contributed by atoms with Crippen molar-refractivity contribution in [2.75, 3.05) is 4.90 Å². The molecule has 0 bridgehead atoms. The smallest absolute Gasteiger partial charge is 0.329 e. The molecular formula is C32H41N3O2. The number of hydrogen-bond acceptors (Lipinski definition) is 4. The number of anilines is 1. The quantitative estimate of drug-likeness (QED) is 0.303. The maximum atomic E-state index is 13.6. The molecule has 4 atom stereocenters. The molecule has 5 heteroatoms. The Hall–Kier alpha value is -2.82. The number of ether oxygens (including phenoxy) is 1. The Morgan fingerprint density at radius 1 is 0.946 bits per heavy atom. The predicted octanol–water partition coefficient (Wildman–Crippen LogP) is 7.40. The zero-order chi connectivity index (χ0) is 25.7. The highest BCUT2D eigenvalue weighted by molar-refractivity contribution is 5.85. The predicted molar refractivity (Wildman–Crippen MR) is 150 cm³/mol. The Morgan fingerprint density at radius 3 is 2.27 bits per heavy atom. The summed E-state index contributed by atoms with van der Waals surface area (Å²) in [5.74, 6) is 2.21. The average molecular weight is 500 g/mol. The van der Waals surface area contributed by atoms with Crippen molar-refractivity contribution >= 4 is 22.7 Å². The standard InChI is InChI=1S/C32H41N3O2/c1-20(2)27-18-9-21(3)19-30(27)37-32(36)22(4)34-29-8-6-5-7-28(29)33-31(34)23-10-12-24(13-11-23)35(25-14-15-25)26-16-17-26/h5-8,10-13,20-22,25-27,30H,9,14-19H2,1-4H3/t21-,22-,27?,30-/m1/s1. The van der Waals surface area contributed by atoms with Crippen molar-refractivity contribution in [2.45, 2.75) is 96.9 Å². The summed E-state index contributed by atoms with van der Waals surface area (Å²) < 4.78 is 8.37. The molecule has 3 saturated carbocycles. The average Bonchev–Trinajstić information content (AvgIpc) is 3.83. The van der Waals surface area contributed by atoms with Crippen LogP contribution in [0.5, 0.6) is 0 Å². The molecule has 0 N–H and O–H groups in total. The summed E-state index contributed by atoms with van der Waals surface area (Å²) in [6.07, 6.45) is 8.55. The van der Waals surface area contributed by atoms with Crippen LogP contribution in [0.3, 0.4) is 0 Å². The summed E-state index contributed by atoms with van der Waals surface area (Å²) in [4.78, 5) is 21.3. The van der Waals surface area contributed by atoms with Crippen LogP contribution in [-0.4, -0.2) is 33.7 Å². The fourth-order valence-electron chi connectivity index (χ4n) is 6.45. The Kier molecular flexibility index (Phi) is 6.50. The van der Waals surface area contributed by atoms with Crippen molar-refractivity contribution in [1.82, 2.24) is 9.55 Å². The molecule has 1 heterocycles. The van der Waals surface area contributed by atoms with Crippen molar-refractivity contribution in [3.8, 4) is 11.4 Å². The van der Waals surface area contributed by atoms with Gasteiger partial charge in [0.15, 0.2) is 0 Å². The zero-order valence-corrected chi connectivity index (χ0v) is 22.8. The van der Waals surface area contributed by atoms with Gasteiger partial charge in [-0.05, 0) is 99.6 Å². The first-order valence-electron chi connectivity index (χ1n) is 14.5. The molecule has 3 fully saturated rings. The number of para-hydroxylation sites is 2. The highest BCUT2D eigenvalue weighted by atomic mass is 16.5. The van der Waals surface area contributed by atoms with E-state index in [2.05, 4.69) is 60.6 Å². The minimum atomic E-state index is -0.457. The summed E-state index contributed by atoms with van der Waals surface area (Å²) in [5, 5.41) is 0. The number of esters is 1. The molecule has 5 nitrogen and oxygen atoms in total. The molecule has 3 aliphatic carbocycles. The third kappa shape index (κ3) is 4.89. The summed E-state index contributed by atoms with van der Waals surface area (Å²) in [7, 11) is 0. The molecule has 196 valence electrons. The molecule has 0 amide bonds. The molecule has 1 aromatic heterocycles. The van der Waals surface area contributed by atoms with Crippen LogP contribution in [0.15, 0.2) is 48.5 Å². The van der Waals surface area contributed by atoms with Crippen LogP contribution in [-0.2, 0) is 9.53 Å². The zero-order valence-electron chi connectivity index (χ0n) is 22.8. The maximum absolute atomic E-state index is 13.6. The van der Waals surface area contributed by atoms with E-state index in [0.29, 0.717) is 17.8 Å². The maximum Gasteiger partial charge on any atom is 0.329 e. The minimum Gasteiger partial charge on any atom is -0.461 e. The van der Waals surface area contributed by atoms with Gasteiger partial charge in [0.2, 0.25) is 0 Å². The number of hydrogen-bond donors (Lipinski definition) is 0. The van der Waals surface area contributed by atoms with E-state index in [1.165, 1.54) is 37.8 Å². The van der Waals surface area contributed by atoms with E-state index in [9.17, 15) is 4.79 Å². The first kappa shape index (κ1) is 24.5. The normalized spacial score (nSPS) is 24.8. The molecule has 3 aliphatic rings. The number of fused-ring (bicyclic) bond motifs is 1. The van der Waals surface area contributed by atoms with Gasteiger partial charge in [-0.1, -0.05) is 39.3 Å². The summed E-state index contributed by atoms with van der Waals surface area (Å²) in [6, 6.07) is 18.0. The van der Waals surface area contributed by atoms with Gasteiger partial charge in [0.1, 0.15) is 18.0 Å². The fourth-order valence-corrected chi connectivity index (χ4v) is 6.45. The van der Waals surface area contributed by atoms with Gasteiger partial charge in [0, 0.05) is 23.3 Å². The Labute approximate surface area is 221 Å². The third-order valence-corrected chi connectivity index (χ3v) is 8.86. The van der Waals surface area contributed by atoms with Crippen molar-refractivity contribution in [3.63, 3.8) is 0 Å². The Bertz CT molecular complexity index is 1240. The van der Waals surface area contributed by atoms with E-state index in [0.717, 1.165) is 47.3 Å². The van der Waals surface area contributed by atoms with E-state index < -0.39 is 6.04 Å². The number of aromatic nitrogens is 2. The fraction of sp³-hybridized carbons (Fsp3) is 0.562. The van der Waals surface area contributed by atoms with Crippen LogP contribution in [0.2, 0.25) is 0 Å². The van der Waals surface area contributed by atoms with E-state index in [4.69, 9.17) is 9.72 Å². The van der Waals surface area contributed by atoms with E-state index in [1.54, 1.807) is 0 Å². The molecule has 3 aromatic rings. The second-order valence-corrected chi connectivity index (χ2v) is 12.2. The number of benzene rings is 2. The SMILES string of the molecule is CC(C)C1CC[C@@H](C)C[C@H]1OC(=O)[C@@H](C)n1c(-c2ccc(N(C3CC3)C3CC3)cc2)nc2ccccc21. The second-order valence-electron chi connectivity index (χ2n) is 12.2. The highest BCUT2D eigenvalue weighted by Gasteiger charge is 2.39. The lowest BCUT2D eigenvalue weighted by atomic mass is 9.75. The van der Waals surface area contributed by atoms with E-state index in [-0.39, 0.29) is 12.1 Å². The molecule has 0 radical (unpaired) electrons. The van der Waals surface area contributed by atoms with E-state index in [1.807, 2.05) is 25.1 Å². The van der Waals surface area contributed by atoms with Crippen LogP contribution in [0.25, 0.3) is 22.4 Å². The van der Waals surface area contributed by atoms with Gasteiger partial charge in [-0.2, -0.15) is 0 Å². The van der Waals surface area contributed by atoms with Crippen LogP contribution >= 0.6 is 0 Å². The number of rotatable bonds is 8. The lowest BCUT2D eigenvalue weighted by molar-refractivity contribution is -0.159. The number of carbonyl (C=O) groups excluding carboxylic acids is 1. The topological polar surface area (TPSA) is 47.4 Å². The monoisotopic (exact) mass is 499 g/mol. The Morgan fingerprint density at radius 2 is 1.62 bits per heavy atom. The van der Waals surface area contributed by atoms with E-state index >= 15 is 0 Å². The lowest BCUT2D eigenvalue weighted by Crippen LogP contribution is -2.37. The highest BCUT2D eigenvalue weighted by Crippen LogP contribution is 2.42. The number of imidazole rings is 1. The molecule has 1 unspecified atom stereocenters. The summed E-state index contributed by atoms with van der Waals surface area (Å²) >= 11 is 0. The molecule has 6 rings (SSSR count). The van der Waals surface area contributed by atoms with Crippen LogP contribution in [0, 0.1) is 17.8 Å². The molecule has 37 heavy (non-hydrogen) atoms. The lowest BCUT2D eigenvalue weighted by Gasteiger charge is -2.37. The first-order chi connectivity index (χ1) is 17.9. The third-order valence-electron chi connectivity index (χ3n) is 8.86. The van der Waals surface area contributed by atoms with Crippen molar-refractivity contribution < 1.29 is 9.53 Å². The molecule has 0 aliphatic heterocycles. The molecule has 0 spiro atoms. The minimum absolute atomic E-state index is 0.00736. The van der Waals surface area contributed by atoms with Crippen molar-refractivity contribution in [2.24, 2.45) is 17.8 Å². The van der Waals surface area contributed by atoms with Gasteiger partial charge < -0.3 is 14.2 Å². The van der Waals surface area contributed by atoms with Gasteiger partial charge in [-0.25, -0.2) is 9.78 Å². The van der Waals surface area contributed by atoms with Gasteiger partial charge in [0.25, 0.3) is 0 Å². The van der Waals surface area contributed by atoms with Crippen LogP contribution in [0.4, 0.5) is 5.69 Å². The number of carbonyl (C=O) groups is 1. The molecule has 0 saturated heterocycles. The van der Waals surface area contributed by atoms with Crippen molar-refractivity contribution in [3.05, 3.63) is 48.5 Å². The molecular weight excluding hydrogens is 458 g/mol. The number of nitrogens with zero attached hydrogens (tertiary/aromatic N) is 3. The van der Waals surface area contributed by atoms with Crippen molar-refractivity contribution in [1.29, 1.82) is 0 Å². The van der Waals surface area contributed by atoms with Gasteiger partial charge in [-0.15, -0.1) is 0 Å². The second kappa shape index (κ2) is 9.81. The summed E-state index contributed by atoms with van der Waals surface area (Å²) in [6.45, 7) is 8.75. The van der Waals surface area contributed by atoms with Gasteiger partial charge in [0.05, 0.1) is 11.0 Å². The largest absolute Gasteiger partial charge is 0.461 e. The van der Waals surface area contributed by atoms with Crippen LogP contribution < -0.4 is 4.90 Å². The van der Waals surface area contributed by atoms with Crippen LogP contribution in [0.1, 0.15) is 78.7 Å². The first-order valence-corrected chi connectivity index (χ1v) is 14.5. The summed E-state index contributed by atoms with van der Waals surface area (Å²) in [5.41, 5.74) is 4.23. The van der Waals surface area contributed by atoms with Gasteiger partial charge in [-0.3, -0.25) is 0 Å².